The summed E-state index contributed by atoms with van der Waals surface area (Å²) in [6.45, 7) is 0.894. The van der Waals surface area contributed by atoms with Crippen molar-refractivity contribution in [1.29, 1.82) is 0 Å². The first-order chi connectivity index (χ1) is 15.3. The smallest absolute Gasteiger partial charge is 0.170 e. The highest BCUT2D eigenvalue weighted by molar-refractivity contribution is 8.17. The molecule has 3 aromatic carbocycles. The molecule has 2 fully saturated rings. The normalized spacial score (nSPS) is 20.6. The van der Waals surface area contributed by atoms with Gasteiger partial charge in [-0.15, -0.1) is 0 Å². The maximum atomic E-state index is 5.14. The van der Waals surface area contributed by atoms with Crippen LogP contribution in [0.25, 0.3) is 6.08 Å². The summed E-state index contributed by atoms with van der Waals surface area (Å²) in [7, 11) is 0. The summed E-state index contributed by atoms with van der Waals surface area (Å²) in [5.74, 6) is 0. The summed E-state index contributed by atoms with van der Waals surface area (Å²) in [6.07, 6.45) is 8.67. The molecule has 0 N–H and O–H groups in total. The first-order valence-corrected chi connectivity index (χ1v) is 12.1. The van der Waals surface area contributed by atoms with Gasteiger partial charge in [-0.3, -0.25) is 0 Å². The summed E-state index contributed by atoms with van der Waals surface area (Å²) >= 11 is 1.87. The average Bonchev–Trinajstić information content (AvgIpc) is 3.08. The van der Waals surface area contributed by atoms with E-state index in [-0.39, 0.29) is 5.54 Å². The zero-order valence-electron chi connectivity index (χ0n) is 17.8. The largest absolute Gasteiger partial charge is 0.336 e. The molecule has 156 valence electrons. The van der Waals surface area contributed by atoms with Crippen molar-refractivity contribution in [1.82, 2.24) is 4.90 Å². The van der Waals surface area contributed by atoms with Gasteiger partial charge >= 0.3 is 0 Å². The minimum Gasteiger partial charge on any atom is -0.336 e. The van der Waals surface area contributed by atoms with Crippen LogP contribution in [0.5, 0.6) is 0 Å². The van der Waals surface area contributed by atoms with Gasteiger partial charge in [0.15, 0.2) is 5.17 Å². The van der Waals surface area contributed by atoms with E-state index in [1.165, 1.54) is 48.1 Å². The Morgan fingerprint density at radius 1 is 0.774 bits per heavy atom. The molecular weight excluding hydrogens is 396 g/mol. The monoisotopic (exact) mass is 424 g/mol. The number of para-hydroxylation sites is 1. The predicted octanol–water partition coefficient (Wildman–Crippen LogP) is 7.67. The van der Waals surface area contributed by atoms with Gasteiger partial charge in [0.2, 0.25) is 0 Å². The molecule has 2 nitrogen and oxygen atoms in total. The fourth-order valence-electron chi connectivity index (χ4n) is 4.76. The second-order valence-electron chi connectivity index (χ2n) is 8.42. The highest BCUT2D eigenvalue weighted by Crippen LogP contribution is 2.53. The van der Waals surface area contributed by atoms with Crippen molar-refractivity contribution >= 4 is 28.7 Å². The molecule has 31 heavy (non-hydrogen) atoms. The van der Waals surface area contributed by atoms with Gasteiger partial charge in [-0.1, -0.05) is 110 Å². The molecule has 1 heterocycles. The first-order valence-electron chi connectivity index (χ1n) is 11.2. The Hall–Kier alpha value is -2.78. The molecule has 1 saturated carbocycles. The minimum atomic E-state index is 0.0439. The van der Waals surface area contributed by atoms with Gasteiger partial charge in [-0.05, 0) is 42.2 Å². The predicted molar refractivity (Wildman–Crippen MR) is 133 cm³/mol. The number of hydrogen-bond acceptors (Lipinski definition) is 2. The van der Waals surface area contributed by atoms with Gasteiger partial charge in [0.1, 0.15) is 0 Å². The third kappa shape index (κ3) is 4.33. The minimum absolute atomic E-state index is 0.0439. The number of nitrogens with zero attached hydrogens (tertiary/aromatic N) is 2. The van der Waals surface area contributed by atoms with Crippen molar-refractivity contribution in [2.75, 3.05) is 0 Å². The number of aliphatic imine (C=N–C) groups is 1. The Morgan fingerprint density at radius 2 is 1.39 bits per heavy atom. The number of rotatable bonds is 4. The van der Waals surface area contributed by atoms with E-state index < -0.39 is 0 Å². The average molecular weight is 425 g/mol. The second-order valence-corrected chi connectivity index (χ2v) is 9.42. The van der Waals surface area contributed by atoms with Crippen molar-refractivity contribution in [2.24, 2.45) is 4.99 Å². The van der Waals surface area contributed by atoms with E-state index in [1.54, 1.807) is 0 Å². The summed E-state index contributed by atoms with van der Waals surface area (Å²) in [5.41, 5.74) is 3.68. The third-order valence-electron chi connectivity index (χ3n) is 6.35. The van der Waals surface area contributed by atoms with Crippen LogP contribution in [0.15, 0.2) is 101 Å². The molecule has 1 spiro atoms. The number of thioether (sulfide) groups is 1. The van der Waals surface area contributed by atoms with E-state index >= 15 is 0 Å². The van der Waals surface area contributed by atoms with Crippen molar-refractivity contribution in [2.45, 2.75) is 44.2 Å². The molecule has 0 aromatic heterocycles. The molecule has 3 aromatic rings. The van der Waals surface area contributed by atoms with Crippen molar-refractivity contribution in [3.63, 3.8) is 0 Å². The lowest BCUT2D eigenvalue weighted by molar-refractivity contribution is 0.166. The van der Waals surface area contributed by atoms with Crippen LogP contribution in [-0.2, 0) is 6.54 Å². The van der Waals surface area contributed by atoms with E-state index in [2.05, 4.69) is 102 Å². The lowest BCUT2D eigenvalue weighted by atomic mass is 9.79. The van der Waals surface area contributed by atoms with Gasteiger partial charge in [-0.25, -0.2) is 4.99 Å². The van der Waals surface area contributed by atoms with Crippen LogP contribution >= 0.6 is 11.8 Å². The molecular formula is C28H28N2S. The second kappa shape index (κ2) is 9.15. The zero-order chi connectivity index (χ0) is 20.9. The quantitative estimate of drug-likeness (QED) is 0.427. The molecule has 5 rings (SSSR count). The van der Waals surface area contributed by atoms with Gasteiger partial charge < -0.3 is 4.90 Å². The molecule has 1 saturated heterocycles. The molecule has 2 aliphatic rings. The summed E-state index contributed by atoms with van der Waals surface area (Å²) < 4.78 is 0. The van der Waals surface area contributed by atoms with Crippen molar-refractivity contribution in [3.8, 4) is 0 Å². The number of benzene rings is 3. The van der Waals surface area contributed by atoms with Crippen LogP contribution in [0, 0.1) is 0 Å². The molecule has 0 radical (unpaired) electrons. The Kier molecular flexibility index (Phi) is 5.95. The molecule has 0 amide bonds. The molecule has 0 bridgehead atoms. The summed E-state index contributed by atoms with van der Waals surface area (Å²) in [5, 5.41) is 1.12. The van der Waals surface area contributed by atoms with Crippen LogP contribution in [0.3, 0.4) is 0 Å². The molecule has 1 aliphatic carbocycles. The number of amidine groups is 1. The van der Waals surface area contributed by atoms with Crippen LogP contribution in [0.1, 0.15) is 43.2 Å². The zero-order valence-corrected chi connectivity index (χ0v) is 18.6. The van der Waals surface area contributed by atoms with E-state index in [0.717, 1.165) is 17.4 Å². The Labute approximate surface area is 189 Å². The summed E-state index contributed by atoms with van der Waals surface area (Å²) in [6, 6.07) is 32.0. The lowest BCUT2D eigenvalue weighted by Gasteiger charge is -2.42. The van der Waals surface area contributed by atoms with Gasteiger partial charge in [0.05, 0.1) is 11.2 Å². The lowest BCUT2D eigenvalue weighted by Crippen LogP contribution is -2.47. The van der Waals surface area contributed by atoms with Gasteiger partial charge in [0.25, 0.3) is 0 Å². The number of hydrogen-bond donors (Lipinski definition) is 0. The van der Waals surface area contributed by atoms with E-state index in [4.69, 9.17) is 4.99 Å². The summed E-state index contributed by atoms with van der Waals surface area (Å²) in [4.78, 5) is 9.20. The highest BCUT2D eigenvalue weighted by atomic mass is 32.2. The first kappa shape index (κ1) is 20.1. The Bertz CT molecular complexity index is 1050. The van der Waals surface area contributed by atoms with Crippen LogP contribution < -0.4 is 0 Å². The van der Waals surface area contributed by atoms with Crippen LogP contribution in [0.4, 0.5) is 5.69 Å². The molecule has 1 aliphatic heterocycles. The van der Waals surface area contributed by atoms with Gasteiger partial charge in [0, 0.05) is 11.4 Å². The van der Waals surface area contributed by atoms with Gasteiger partial charge in [-0.2, -0.15) is 0 Å². The molecule has 0 atom stereocenters. The van der Waals surface area contributed by atoms with Crippen LogP contribution in [-0.4, -0.2) is 15.6 Å². The Balaban J connectivity index is 1.61. The molecule has 0 unspecified atom stereocenters. The van der Waals surface area contributed by atoms with E-state index in [0.29, 0.717) is 0 Å². The Morgan fingerprint density at radius 3 is 2.06 bits per heavy atom. The van der Waals surface area contributed by atoms with Crippen molar-refractivity contribution in [3.05, 3.63) is 107 Å². The topological polar surface area (TPSA) is 15.6 Å². The maximum Gasteiger partial charge on any atom is 0.170 e. The highest BCUT2D eigenvalue weighted by Gasteiger charge is 2.49. The third-order valence-corrected chi connectivity index (χ3v) is 7.56. The molecule has 3 heteroatoms. The fourth-order valence-corrected chi connectivity index (χ4v) is 6.16. The van der Waals surface area contributed by atoms with E-state index in [1.807, 2.05) is 11.8 Å². The van der Waals surface area contributed by atoms with Crippen LogP contribution in [0.2, 0.25) is 0 Å². The fraction of sp³-hybridized carbons (Fsp3) is 0.250. The standard InChI is InChI=1S/C28H28N2S/c1-5-13-23(14-6-1)21-26-28(19-11-4-12-20-28)30(22-24-15-7-2-8-16-24)27(31-26)29-25-17-9-3-10-18-25/h1-3,5-10,13-18,21H,4,11-12,19-20,22H2/b26-21-,29-27?. The van der Waals surface area contributed by atoms with E-state index in [9.17, 15) is 0 Å². The SMILES string of the molecule is C(=C1/SC(=Nc2ccccc2)N(Cc2ccccc2)C12CCCCC2)/c1ccccc1. The van der Waals surface area contributed by atoms with Crippen molar-refractivity contribution < 1.29 is 0 Å². The maximum absolute atomic E-state index is 5.14.